The average Bonchev–Trinajstić information content (AvgIpc) is 3.08. The van der Waals surface area contributed by atoms with Crippen LogP contribution in [0.25, 0.3) is 0 Å². The first-order valence-electron chi connectivity index (χ1n) is 7.36. The van der Waals surface area contributed by atoms with Crippen LogP contribution in [0, 0.1) is 11.8 Å². The highest BCUT2D eigenvalue weighted by Gasteiger charge is 2.26. The topological polar surface area (TPSA) is 42.7 Å². The molecule has 0 bridgehead atoms. The van der Waals surface area contributed by atoms with Crippen LogP contribution in [0.2, 0.25) is 0 Å². The summed E-state index contributed by atoms with van der Waals surface area (Å²) in [5.41, 5.74) is 1.09. The maximum absolute atomic E-state index is 4.32. The molecule has 3 rings (SSSR count). The van der Waals surface area contributed by atoms with Gasteiger partial charge in [-0.3, -0.25) is 0 Å². The van der Waals surface area contributed by atoms with E-state index in [1.54, 1.807) is 0 Å². The van der Waals surface area contributed by atoms with Crippen molar-refractivity contribution in [2.45, 2.75) is 64.6 Å². The predicted octanol–water partition coefficient (Wildman–Crippen LogP) is 2.53. The van der Waals surface area contributed by atoms with Crippen molar-refractivity contribution in [3.05, 3.63) is 11.9 Å². The van der Waals surface area contributed by atoms with E-state index in [-0.39, 0.29) is 0 Å². The van der Waals surface area contributed by atoms with Crippen LogP contribution >= 0.6 is 0 Å². The number of aromatic nitrogens is 3. The molecule has 100 valence electrons. The zero-order chi connectivity index (χ0) is 12.5. The zero-order valence-electron chi connectivity index (χ0n) is 11.5. The summed E-state index contributed by atoms with van der Waals surface area (Å²) in [5.74, 6) is 1.67. The van der Waals surface area contributed by atoms with Crippen molar-refractivity contribution in [2.24, 2.45) is 11.8 Å². The minimum Gasteiger partial charge on any atom is -0.308 e. The molecule has 4 heteroatoms. The van der Waals surface area contributed by atoms with E-state index < -0.39 is 0 Å². The molecular weight excluding hydrogens is 224 g/mol. The van der Waals surface area contributed by atoms with Gasteiger partial charge in [0, 0.05) is 12.6 Å². The molecule has 1 aromatic heterocycles. The van der Waals surface area contributed by atoms with Gasteiger partial charge in [0.05, 0.1) is 17.9 Å². The highest BCUT2D eigenvalue weighted by molar-refractivity contribution is 4.96. The van der Waals surface area contributed by atoms with Crippen molar-refractivity contribution in [3.8, 4) is 0 Å². The lowest BCUT2D eigenvalue weighted by Crippen LogP contribution is -2.23. The minimum absolute atomic E-state index is 0.568. The second kappa shape index (κ2) is 5.00. The maximum atomic E-state index is 4.32. The van der Waals surface area contributed by atoms with Crippen molar-refractivity contribution in [1.82, 2.24) is 20.3 Å². The third kappa shape index (κ3) is 2.74. The van der Waals surface area contributed by atoms with Crippen LogP contribution in [-0.2, 0) is 6.54 Å². The maximum Gasteiger partial charge on any atom is 0.0965 e. The molecule has 4 nitrogen and oxygen atoms in total. The van der Waals surface area contributed by atoms with Crippen LogP contribution in [0.5, 0.6) is 0 Å². The Morgan fingerprint density at radius 2 is 2.06 bits per heavy atom. The fourth-order valence-corrected chi connectivity index (χ4v) is 2.87. The summed E-state index contributed by atoms with van der Waals surface area (Å²) in [6.07, 6.45) is 8.62. The Balaban J connectivity index is 1.58. The fourth-order valence-electron chi connectivity index (χ4n) is 2.87. The summed E-state index contributed by atoms with van der Waals surface area (Å²) >= 11 is 0. The Labute approximate surface area is 109 Å². The molecule has 2 aliphatic carbocycles. The lowest BCUT2D eigenvalue weighted by molar-refractivity contribution is 0.199. The van der Waals surface area contributed by atoms with Gasteiger partial charge < -0.3 is 5.32 Å². The van der Waals surface area contributed by atoms with Gasteiger partial charge in [0.25, 0.3) is 0 Å². The molecule has 0 saturated heterocycles. The highest BCUT2D eigenvalue weighted by atomic mass is 15.4. The van der Waals surface area contributed by atoms with Crippen LogP contribution in [0.1, 0.15) is 57.7 Å². The molecule has 1 N–H and O–H groups in total. The standard InChI is InChI=1S/C14H24N4/c1-10-3-6-14(7-11(10)2)18-9-13(16-17-18)8-15-12-4-5-12/h9-12,14-15H,3-8H2,1-2H3. The summed E-state index contributed by atoms with van der Waals surface area (Å²) in [4.78, 5) is 0. The average molecular weight is 248 g/mol. The van der Waals surface area contributed by atoms with Gasteiger partial charge in [-0.1, -0.05) is 19.1 Å². The van der Waals surface area contributed by atoms with E-state index in [0.717, 1.165) is 30.1 Å². The van der Waals surface area contributed by atoms with E-state index in [4.69, 9.17) is 0 Å². The van der Waals surface area contributed by atoms with E-state index in [1.165, 1.54) is 32.1 Å². The van der Waals surface area contributed by atoms with Crippen molar-refractivity contribution < 1.29 is 0 Å². The normalized spacial score (nSPS) is 32.7. The van der Waals surface area contributed by atoms with Crippen molar-refractivity contribution >= 4 is 0 Å². The molecule has 2 fully saturated rings. The Hall–Kier alpha value is -0.900. The summed E-state index contributed by atoms with van der Waals surface area (Å²) in [6.45, 7) is 5.61. The molecule has 3 unspecified atom stereocenters. The molecule has 1 aromatic rings. The quantitative estimate of drug-likeness (QED) is 0.890. The van der Waals surface area contributed by atoms with E-state index >= 15 is 0 Å². The molecule has 2 aliphatic rings. The number of rotatable bonds is 4. The van der Waals surface area contributed by atoms with Crippen LogP contribution in [-0.4, -0.2) is 21.0 Å². The van der Waals surface area contributed by atoms with Gasteiger partial charge in [-0.05, 0) is 43.9 Å². The Kier molecular flexibility index (Phi) is 3.37. The Morgan fingerprint density at radius 3 is 2.78 bits per heavy atom. The summed E-state index contributed by atoms with van der Waals surface area (Å²) in [6, 6.07) is 1.31. The minimum atomic E-state index is 0.568. The molecule has 0 amide bonds. The van der Waals surface area contributed by atoms with Crippen LogP contribution < -0.4 is 5.32 Å². The molecular formula is C14H24N4. The van der Waals surface area contributed by atoms with Gasteiger partial charge in [-0.2, -0.15) is 0 Å². The van der Waals surface area contributed by atoms with Gasteiger partial charge >= 0.3 is 0 Å². The molecule has 0 spiro atoms. The number of hydrogen-bond acceptors (Lipinski definition) is 3. The SMILES string of the molecule is CC1CCC(n2cc(CNC3CC3)nn2)CC1C. The third-order valence-corrected chi connectivity index (χ3v) is 4.65. The lowest BCUT2D eigenvalue weighted by atomic mass is 9.79. The summed E-state index contributed by atoms with van der Waals surface area (Å²) in [7, 11) is 0. The number of hydrogen-bond donors (Lipinski definition) is 1. The summed E-state index contributed by atoms with van der Waals surface area (Å²) in [5, 5.41) is 12.1. The first-order valence-corrected chi connectivity index (χ1v) is 7.36. The van der Waals surface area contributed by atoms with Crippen molar-refractivity contribution in [3.63, 3.8) is 0 Å². The molecule has 0 aliphatic heterocycles. The lowest BCUT2D eigenvalue weighted by Gasteiger charge is -2.31. The smallest absolute Gasteiger partial charge is 0.0965 e. The molecule has 1 heterocycles. The van der Waals surface area contributed by atoms with E-state index in [0.29, 0.717) is 6.04 Å². The highest BCUT2D eigenvalue weighted by Crippen LogP contribution is 2.35. The molecule has 0 radical (unpaired) electrons. The van der Waals surface area contributed by atoms with Crippen molar-refractivity contribution in [2.75, 3.05) is 0 Å². The number of nitrogens with zero attached hydrogens (tertiary/aromatic N) is 3. The zero-order valence-corrected chi connectivity index (χ0v) is 11.5. The summed E-state index contributed by atoms with van der Waals surface area (Å²) < 4.78 is 2.10. The van der Waals surface area contributed by atoms with E-state index in [2.05, 4.69) is 40.4 Å². The molecule has 0 aromatic carbocycles. The largest absolute Gasteiger partial charge is 0.308 e. The van der Waals surface area contributed by atoms with Crippen LogP contribution in [0.3, 0.4) is 0 Å². The van der Waals surface area contributed by atoms with Crippen LogP contribution in [0.15, 0.2) is 6.20 Å². The fraction of sp³-hybridized carbons (Fsp3) is 0.857. The molecule has 2 saturated carbocycles. The second-order valence-electron chi connectivity index (χ2n) is 6.27. The van der Waals surface area contributed by atoms with Crippen LogP contribution in [0.4, 0.5) is 0 Å². The van der Waals surface area contributed by atoms with E-state index in [9.17, 15) is 0 Å². The van der Waals surface area contributed by atoms with Gasteiger partial charge in [0.1, 0.15) is 0 Å². The Bertz CT molecular complexity index is 396. The monoisotopic (exact) mass is 248 g/mol. The first-order chi connectivity index (χ1) is 8.72. The van der Waals surface area contributed by atoms with Gasteiger partial charge in [0.15, 0.2) is 0 Å². The number of nitrogens with one attached hydrogen (secondary N) is 1. The molecule has 18 heavy (non-hydrogen) atoms. The Morgan fingerprint density at radius 1 is 1.22 bits per heavy atom. The predicted molar refractivity (Wildman–Crippen MR) is 71.1 cm³/mol. The van der Waals surface area contributed by atoms with Gasteiger partial charge in [-0.25, -0.2) is 4.68 Å². The van der Waals surface area contributed by atoms with Gasteiger partial charge in [-0.15, -0.1) is 5.10 Å². The van der Waals surface area contributed by atoms with Gasteiger partial charge in [0.2, 0.25) is 0 Å². The first kappa shape index (κ1) is 12.2. The van der Waals surface area contributed by atoms with E-state index in [1.807, 2.05) is 0 Å². The second-order valence-corrected chi connectivity index (χ2v) is 6.27. The third-order valence-electron chi connectivity index (χ3n) is 4.65. The van der Waals surface area contributed by atoms with Crippen molar-refractivity contribution in [1.29, 1.82) is 0 Å². The molecule has 3 atom stereocenters.